The van der Waals surface area contributed by atoms with Gasteiger partial charge in [-0.1, -0.05) is 12.1 Å². The summed E-state index contributed by atoms with van der Waals surface area (Å²) in [6.07, 6.45) is 4.02. The standard InChI is InChI=1S/C23H29N5O3S/c1-16(2)28-12-10-17(11-13-28)15-31-21-5-3-4-18-14-25-23(27-22(18)21)26-19-6-8-20(9-7-19)32(24,29)30/h3-9,14,16-17H,10-13,15H2,1-2H3,(H2,24,29,30)(H,25,26,27). The van der Waals surface area contributed by atoms with Gasteiger partial charge in [-0.15, -0.1) is 0 Å². The number of para-hydroxylation sites is 1. The first-order valence-electron chi connectivity index (χ1n) is 10.8. The normalized spacial score (nSPS) is 15.9. The van der Waals surface area contributed by atoms with Crippen LogP contribution in [0.1, 0.15) is 26.7 Å². The van der Waals surface area contributed by atoms with Gasteiger partial charge in [-0.05, 0) is 76.0 Å². The maximum Gasteiger partial charge on any atom is 0.238 e. The Labute approximate surface area is 188 Å². The molecule has 0 amide bonds. The summed E-state index contributed by atoms with van der Waals surface area (Å²) in [6.45, 7) is 7.38. The molecule has 170 valence electrons. The van der Waals surface area contributed by atoms with E-state index in [1.54, 1.807) is 18.3 Å². The number of benzene rings is 2. The molecule has 1 fully saturated rings. The lowest BCUT2D eigenvalue weighted by atomic mass is 9.97. The van der Waals surface area contributed by atoms with Crippen LogP contribution in [0.2, 0.25) is 0 Å². The molecule has 2 aromatic carbocycles. The average molecular weight is 456 g/mol. The maximum absolute atomic E-state index is 11.4. The molecule has 1 saturated heterocycles. The molecule has 32 heavy (non-hydrogen) atoms. The number of anilines is 2. The fourth-order valence-corrected chi connectivity index (χ4v) is 4.42. The quantitative estimate of drug-likeness (QED) is 0.561. The number of ether oxygens (including phenoxy) is 1. The molecule has 0 unspecified atom stereocenters. The van der Waals surface area contributed by atoms with E-state index in [2.05, 4.69) is 34.0 Å². The third-order valence-electron chi connectivity index (χ3n) is 5.87. The lowest BCUT2D eigenvalue weighted by Crippen LogP contribution is -2.39. The van der Waals surface area contributed by atoms with Crippen LogP contribution in [0.3, 0.4) is 0 Å². The molecule has 3 N–H and O–H groups in total. The summed E-state index contributed by atoms with van der Waals surface area (Å²) in [6, 6.07) is 12.6. The van der Waals surface area contributed by atoms with Crippen molar-refractivity contribution in [1.82, 2.24) is 14.9 Å². The average Bonchev–Trinajstić information content (AvgIpc) is 2.77. The van der Waals surface area contributed by atoms with Crippen LogP contribution >= 0.6 is 0 Å². The van der Waals surface area contributed by atoms with Gasteiger partial charge in [0.1, 0.15) is 11.3 Å². The number of nitrogens with two attached hydrogens (primary N) is 1. The number of aromatic nitrogens is 2. The minimum Gasteiger partial charge on any atom is -0.491 e. The molecule has 0 bridgehead atoms. The maximum atomic E-state index is 11.4. The van der Waals surface area contributed by atoms with Crippen LogP contribution in [0.5, 0.6) is 5.75 Å². The topological polar surface area (TPSA) is 110 Å². The monoisotopic (exact) mass is 455 g/mol. The molecule has 1 aliphatic heterocycles. The van der Waals surface area contributed by atoms with Crippen LogP contribution in [0.15, 0.2) is 53.6 Å². The van der Waals surface area contributed by atoms with Gasteiger partial charge in [0.15, 0.2) is 0 Å². The summed E-state index contributed by atoms with van der Waals surface area (Å²) in [7, 11) is -3.73. The smallest absolute Gasteiger partial charge is 0.238 e. The lowest BCUT2D eigenvalue weighted by Gasteiger charge is -2.34. The van der Waals surface area contributed by atoms with Gasteiger partial charge in [0.2, 0.25) is 16.0 Å². The molecule has 3 aromatic rings. The number of hydrogen-bond donors (Lipinski definition) is 2. The second-order valence-electron chi connectivity index (χ2n) is 8.47. The zero-order valence-corrected chi connectivity index (χ0v) is 19.2. The molecule has 2 heterocycles. The Bertz CT molecular complexity index is 1170. The predicted octanol–water partition coefficient (Wildman–Crippen LogP) is 3.52. The van der Waals surface area contributed by atoms with Gasteiger partial charge < -0.3 is 15.0 Å². The minimum absolute atomic E-state index is 0.0531. The summed E-state index contributed by atoms with van der Waals surface area (Å²) in [5, 5.41) is 9.15. The fraction of sp³-hybridized carbons (Fsp3) is 0.391. The molecule has 0 spiro atoms. The Morgan fingerprint density at radius 2 is 1.88 bits per heavy atom. The van der Waals surface area contributed by atoms with Crippen molar-refractivity contribution in [1.29, 1.82) is 0 Å². The number of rotatable bonds is 7. The number of piperidine rings is 1. The highest BCUT2D eigenvalue weighted by atomic mass is 32.2. The Kier molecular flexibility index (Phi) is 6.59. The highest BCUT2D eigenvalue weighted by Gasteiger charge is 2.21. The van der Waals surface area contributed by atoms with E-state index in [0.717, 1.165) is 42.6 Å². The van der Waals surface area contributed by atoms with Crippen molar-refractivity contribution in [3.05, 3.63) is 48.7 Å². The first-order valence-corrected chi connectivity index (χ1v) is 12.4. The molecule has 1 aliphatic rings. The second kappa shape index (κ2) is 9.40. The van der Waals surface area contributed by atoms with Gasteiger partial charge in [-0.25, -0.2) is 23.5 Å². The number of likely N-dealkylation sites (tertiary alicyclic amines) is 1. The van der Waals surface area contributed by atoms with E-state index in [9.17, 15) is 8.42 Å². The molecule has 0 saturated carbocycles. The zero-order chi connectivity index (χ0) is 22.7. The van der Waals surface area contributed by atoms with Crippen molar-refractivity contribution in [3.63, 3.8) is 0 Å². The van der Waals surface area contributed by atoms with E-state index in [1.807, 2.05) is 18.2 Å². The molecule has 0 atom stereocenters. The van der Waals surface area contributed by atoms with Gasteiger partial charge in [0, 0.05) is 23.3 Å². The largest absolute Gasteiger partial charge is 0.491 e. The third-order valence-corrected chi connectivity index (χ3v) is 6.80. The molecule has 9 heteroatoms. The van der Waals surface area contributed by atoms with Crippen LogP contribution < -0.4 is 15.2 Å². The summed E-state index contributed by atoms with van der Waals surface area (Å²) in [4.78, 5) is 11.6. The number of fused-ring (bicyclic) bond motifs is 1. The summed E-state index contributed by atoms with van der Waals surface area (Å²) in [5.74, 6) is 1.68. The van der Waals surface area contributed by atoms with Crippen LogP contribution in [0.4, 0.5) is 11.6 Å². The summed E-state index contributed by atoms with van der Waals surface area (Å²) < 4.78 is 29.0. The molecule has 8 nitrogen and oxygen atoms in total. The van der Waals surface area contributed by atoms with E-state index < -0.39 is 10.0 Å². The van der Waals surface area contributed by atoms with Crippen LogP contribution in [-0.4, -0.2) is 49.0 Å². The lowest BCUT2D eigenvalue weighted by molar-refractivity contribution is 0.119. The fourth-order valence-electron chi connectivity index (χ4n) is 3.91. The van der Waals surface area contributed by atoms with Crippen LogP contribution in [0.25, 0.3) is 10.9 Å². The van der Waals surface area contributed by atoms with E-state index in [0.29, 0.717) is 30.2 Å². The highest BCUT2D eigenvalue weighted by Crippen LogP contribution is 2.27. The van der Waals surface area contributed by atoms with E-state index in [1.165, 1.54) is 12.1 Å². The van der Waals surface area contributed by atoms with E-state index in [-0.39, 0.29) is 4.90 Å². The van der Waals surface area contributed by atoms with Crippen molar-refractivity contribution in [2.75, 3.05) is 25.0 Å². The first kappa shape index (κ1) is 22.4. The van der Waals surface area contributed by atoms with Crippen molar-refractivity contribution < 1.29 is 13.2 Å². The number of sulfonamides is 1. The molecule has 1 aromatic heterocycles. The number of hydrogen-bond acceptors (Lipinski definition) is 7. The Morgan fingerprint density at radius 1 is 1.16 bits per heavy atom. The van der Waals surface area contributed by atoms with Crippen molar-refractivity contribution in [2.45, 2.75) is 37.6 Å². The van der Waals surface area contributed by atoms with E-state index in [4.69, 9.17) is 9.88 Å². The SMILES string of the molecule is CC(C)N1CCC(COc2cccc3cnc(Nc4ccc(S(N)(=O)=O)cc4)nc23)CC1. The predicted molar refractivity (Wildman–Crippen MR) is 126 cm³/mol. The Morgan fingerprint density at radius 3 is 2.53 bits per heavy atom. The second-order valence-corrected chi connectivity index (χ2v) is 10.0. The van der Waals surface area contributed by atoms with Crippen LogP contribution in [-0.2, 0) is 10.0 Å². The summed E-state index contributed by atoms with van der Waals surface area (Å²) in [5.41, 5.74) is 1.40. The molecular formula is C23H29N5O3S. The molecule has 0 aliphatic carbocycles. The Balaban J connectivity index is 1.46. The van der Waals surface area contributed by atoms with Gasteiger partial charge >= 0.3 is 0 Å². The van der Waals surface area contributed by atoms with Crippen molar-refractivity contribution in [2.24, 2.45) is 11.1 Å². The Hall–Kier alpha value is -2.75. The molecular weight excluding hydrogens is 426 g/mol. The third kappa shape index (κ3) is 5.35. The van der Waals surface area contributed by atoms with Gasteiger partial charge in [0.05, 0.1) is 11.5 Å². The number of nitrogens with zero attached hydrogens (tertiary/aromatic N) is 3. The van der Waals surface area contributed by atoms with Gasteiger partial charge in [-0.2, -0.15) is 0 Å². The van der Waals surface area contributed by atoms with Crippen LogP contribution in [0, 0.1) is 5.92 Å². The number of primary sulfonamides is 1. The first-order chi connectivity index (χ1) is 15.3. The van der Waals surface area contributed by atoms with Crippen molar-refractivity contribution >= 4 is 32.6 Å². The molecule has 4 rings (SSSR count). The summed E-state index contributed by atoms with van der Waals surface area (Å²) >= 11 is 0. The number of nitrogens with one attached hydrogen (secondary N) is 1. The van der Waals surface area contributed by atoms with Gasteiger partial charge in [-0.3, -0.25) is 0 Å². The van der Waals surface area contributed by atoms with E-state index >= 15 is 0 Å². The van der Waals surface area contributed by atoms with Crippen molar-refractivity contribution in [3.8, 4) is 5.75 Å². The zero-order valence-electron chi connectivity index (χ0n) is 18.4. The van der Waals surface area contributed by atoms with Gasteiger partial charge in [0.25, 0.3) is 0 Å². The highest BCUT2D eigenvalue weighted by molar-refractivity contribution is 7.89. The molecule has 0 radical (unpaired) electrons. The minimum atomic E-state index is -3.73.